The zero-order chi connectivity index (χ0) is 24.4. The monoisotopic (exact) mass is 488 g/mol. The highest BCUT2D eigenvalue weighted by Gasteiger charge is 2.25. The zero-order valence-corrected chi connectivity index (χ0v) is 20.7. The van der Waals surface area contributed by atoms with Gasteiger partial charge in [-0.25, -0.2) is 14.6 Å². The average Bonchev–Trinajstić information content (AvgIpc) is 3.30. The summed E-state index contributed by atoms with van der Waals surface area (Å²) < 4.78 is 1.87. The molecule has 0 saturated heterocycles. The van der Waals surface area contributed by atoms with Crippen molar-refractivity contribution in [1.29, 1.82) is 0 Å². The van der Waals surface area contributed by atoms with Gasteiger partial charge in [-0.1, -0.05) is 55.8 Å². The predicted molar refractivity (Wildman–Crippen MR) is 139 cm³/mol. The zero-order valence-electron chi connectivity index (χ0n) is 19.9. The standard InChI is InChI=1S/C27H29ClN6O/c1-17(2)24-32-25(22-16-29-34(26(22)33-24)20-8-4-3-5-9-20)30-18-12-14-19(15-13-18)31-27(35)21-10-6-7-11-23(21)28/h3-11,16-19H,12-15H2,1-2H3,(H,31,35)(H,30,32,33). The number of nitrogens with zero attached hydrogens (tertiary/aromatic N) is 4. The molecule has 180 valence electrons. The van der Waals surface area contributed by atoms with Gasteiger partial charge >= 0.3 is 0 Å². The van der Waals surface area contributed by atoms with Gasteiger partial charge in [-0.15, -0.1) is 0 Å². The maximum Gasteiger partial charge on any atom is 0.253 e. The van der Waals surface area contributed by atoms with Crippen molar-refractivity contribution in [1.82, 2.24) is 25.1 Å². The molecule has 4 aromatic rings. The molecule has 7 nitrogen and oxygen atoms in total. The number of hydrogen-bond acceptors (Lipinski definition) is 5. The second-order valence-electron chi connectivity index (χ2n) is 9.36. The van der Waals surface area contributed by atoms with Crippen molar-refractivity contribution in [3.05, 3.63) is 77.2 Å². The highest BCUT2D eigenvalue weighted by atomic mass is 35.5. The number of fused-ring (bicyclic) bond motifs is 1. The van der Waals surface area contributed by atoms with E-state index in [-0.39, 0.29) is 23.9 Å². The van der Waals surface area contributed by atoms with E-state index in [1.54, 1.807) is 12.1 Å². The van der Waals surface area contributed by atoms with Crippen LogP contribution in [-0.4, -0.2) is 37.7 Å². The Bertz CT molecular complexity index is 1330. The molecule has 1 amide bonds. The summed E-state index contributed by atoms with van der Waals surface area (Å²) >= 11 is 6.18. The molecule has 0 aliphatic heterocycles. The summed E-state index contributed by atoms with van der Waals surface area (Å²) in [5.74, 6) is 1.69. The number of carbonyl (C=O) groups is 1. The molecule has 1 aliphatic carbocycles. The molecule has 0 unspecified atom stereocenters. The largest absolute Gasteiger partial charge is 0.367 e. The summed E-state index contributed by atoms with van der Waals surface area (Å²) in [5.41, 5.74) is 2.30. The van der Waals surface area contributed by atoms with Crippen molar-refractivity contribution in [3.8, 4) is 5.69 Å². The summed E-state index contributed by atoms with van der Waals surface area (Å²) in [7, 11) is 0. The SMILES string of the molecule is CC(C)c1nc(NC2CCC(NC(=O)c3ccccc3Cl)CC2)c2cnn(-c3ccccc3)c2n1. The number of carbonyl (C=O) groups excluding carboxylic acids is 1. The van der Waals surface area contributed by atoms with E-state index in [1.807, 2.05) is 53.3 Å². The van der Waals surface area contributed by atoms with E-state index in [0.717, 1.165) is 54.0 Å². The minimum absolute atomic E-state index is 0.112. The molecule has 8 heteroatoms. The second kappa shape index (κ2) is 10.0. The van der Waals surface area contributed by atoms with Gasteiger partial charge in [0, 0.05) is 18.0 Å². The lowest BCUT2D eigenvalue weighted by molar-refractivity contribution is 0.0926. The van der Waals surface area contributed by atoms with Gasteiger partial charge in [0.15, 0.2) is 5.65 Å². The van der Waals surface area contributed by atoms with Gasteiger partial charge in [0.05, 0.1) is 27.9 Å². The van der Waals surface area contributed by atoms with Crippen molar-refractivity contribution in [3.63, 3.8) is 0 Å². The fourth-order valence-electron chi connectivity index (χ4n) is 4.54. The first-order valence-corrected chi connectivity index (χ1v) is 12.5. The third-order valence-electron chi connectivity index (χ3n) is 6.48. The number of hydrogen-bond donors (Lipinski definition) is 2. The minimum Gasteiger partial charge on any atom is -0.367 e. The van der Waals surface area contributed by atoms with E-state index >= 15 is 0 Å². The molecule has 2 N–H and O–H groups in total. The Kier molecular flexibility index (Phi) is 6.68. The Morgan fingerprint density at radius 3 is 2.37 bits per heavy atom. The number of rotatable bonds is 6. The molecular formula is C27H29ClN6O. The summed E-state index contributed by atoms with van der Waals surface area (Å²) in [6, 6.07) is 17.6. The van der Waals surface area contributed by atoms with E-state index in [4.69, 9.17) is 21.6 Å². The molecule has 0 atom stereocenters. The topological polar surface area (TPSA) is 84.7 Å². The van der Waals surface area contributed by atoms with Crippen LogP contribution in [-0.2, 0) is 0 Å². The summed E-state index contributed by atoms with van der Waals surface area (Å²) in [4.78, 5) is 22.3. The number of aromatic nitrogens is 4. The molecule has 0 bridgehead atoms. The number of halogens is 1. The first kappa shape index (κ1) is 23.3. The van der Waals surface area contributed by atoms with E-state index in [0.29, 0.717) is 10.6 Å². The van der Waals surface area contributed by atoms with Crippen molar-refractivity contribution >= 4 is 34.4 Å². The quantitative estimate of drug-likeness (QED) is 0.361. The van der Waals surface area contributed by atoms with Crippen LogP contribution < -0.4 is 10.6 Å². The predicted octanol–water partition coefficient (Wildman–Crippen LogP) is 5.75. The number of benzene rings is 2. The van der Waals surface area contributed by atoms with Crippen molar-refractivity contribution < 1.29 is 4.79 Å². The molecule has 35 heavy (non-hydrogen) atoms. The van der Waals surface area contributed by atoms with Crippen LogP contribution in [0.4, 0.5) is 5.82 Å². The van der Waals surface area contributed by atoms with Crippen LogP contribution in [0.1, 0.15) is 61.6 Å². The Balaban J connectivity index is 1.31. The maximum absolute atomic E-state index is 12.6. The Labute approximate surface area is 209 Å². The van der Waals surface area contributed by atoms with Gasteiger partial charge in [-0.05, 0) is 49.9 Å². The molecular weight excluding hydrogens is 460 g/mol. The van der Waals surface area contributed by atoms with Crippen LogP contribution in [0.25, 0.3) is 16.7 Å². The van der Waals surface area contributed by atoms with Crippen LogP contribution in [0.15, 0.2) is 60.8 Å². The lowest BCUT2D eigenvalue weighted by Gasteiger charge is -2.30. The van der Waals surface area contributed by atoms with Crippen molar-refractivity contribution in [2.24, 2.45) is 0 Å². The summed E-state index contributed by atoms with van der Waals surface area (Å²) in [6.45, 7) is 4.20. The number of nitrogens with one attached hydrogen (secondary N) is 2. The third-order valence-corrected chi connectivity index (χ3v) is 6.81. The normalized spacial score (nSPS) is 18.1. The number of anilines is 1. The summed E-state index contributed by atoms with van der Waals surface area (Å²) in [6.07, 6.45) is 5.49. The van der Waals surface area contributed by atoms with Crippen molar-refractivity contribution in [2.45, 2.75) is 57.5 Å². The Morgan fingerprint density at radius 1 is 0.971 bits per heavy atom. The van der Waals surface area contributed by atoms with Crippen LogP contribution in [0, 0.1) is 0 Å². The number of para-hydroxylation sites is 1. The molecule has 2 aromatic carbocycles. The molecule has 2 aromatic heterocycles. The van der Waals surface area contributed by atoms with Gasteiger partial charge in [-0.3, -0.25) is 4.79 Å². The fraction of sp³-hybridized carbons (Fsp3) is 0.333. The smallest absolute Gasteiger partial charge is 0.253 e. The fourth-order valence-corrected chi connectivity index (χ4v) is 4.76. The number of amides is 1. The molecule has 1 aliphatic rings. The van der Waals surface area contributed by atoms with Crippen LogP contribution in [0.3, 0.4) is 0 Å². The lowest BCUT2D eigenvalue weighted by Crippen LogP contribution is -2.40. The molecule has 5 rings (SSSR count). The molecule has 0 spiro atoms. The van der Waals surface area contributed by atoms with E-state index in [1.165, 1.54) is 0 Å². The lowest BCUT2D eigenvalue weighted by atomic mass is 9.91. The van der Waals surface area contributed by atoms with Gasteiger partial charge in [0.2, 0.25) is 0 Å². The average molecular weight is 489 g/mol. The molecule has 1 fully saturated rings. The Morgan fingerprint density at radius 2 is 1.66 bits per heavy atom. The van der Waals surface area contributed by atoms with Crippen LogP contribution in [0.5, 0.6) is 0 Å². The second-order valence-corrected chi connectivity index (χ2v) is 9.77. The van der Waals surface area contributed by atoms with Gasteiger partial charge in [-0.2, -0.15) is 5.10 Å². The molecule has 2 heterocycles. The molecule has 1 saturated carbocycles. The first-order chi connectivity index (χ1) is 17.0. The van der Waals surface area contributed by atoms with E-state index in [2.05, 4.69) is 29.6 Å². The minimum atomic E-state index is -0.112. The van der Waals surface area contributed by atoms with Crippen LogP contribution in [0.2, 0.25) is 5.02 Å². The highest BCUT2D eigenvalue weighted by Crippen LogP contribution is 2.29. The third kappa shape index (κ3) is 5.00. The maximum atomic E-state index is 12.6. The highest BCUT2D eigenvalue weighted by molar-refractivity contribution is 6.33. The van der Waals surface area contributed by atoms with E-state index < -0.39 is 0 Å². The summed E-state index contributed by atoms with van der Waals surface area (Å²) in [5, 5.41) is 12.8. The van der Waals surface area contributed by atoms with Gasteiger partial charge in [0.25, 0.3) is 5.91 Å². The van der Waals surface area contributed by atoms with E-state index in [9.17, 15) is 4.79 Å². The Hall–Kier alpha value is -3.45. The molecule has 0 radical (unpaired) electrons. The van der Waals surface area contributed by atoms with Crippen molar-refractivity contribution in [2.75, 3.05) is 5.32 Å². The van der Waals surface area contributed by atoms with Gasteiger partial charge < -0.3 is 10.6 Å². The first-order valence-electron chi connectivity index (χ1n) is 12.1. The van der Waals surface area contributed by atoms with Gasteiger partial charge in [0.1, 0.15) is 11.6 Å². The van der Waals surface area contributed by atoms with Crippen LogP contribution >= 0.6 is 11.6 Å².